The van der Waals surface area contributed by atoms with Gasteiger partial charge in [0, 0.05) is 12.8 Å². The summed E-state index contributed by atoms with van der Waals surface area (Å²) in [6.45, 7) is 4.41. The van der Waals surface area contributed by atoms with Crippen LogP contribution in [0.15, 0.2) is 60.8 Å². The monoisotopic (exact) mass is 613 g/mol. The van der Waals surface area contributed by atoms with Crippen molar-refractivity contribution in [2.75, 3.05) is 0 Å². The average Bonchev–Trinajstić information content (AvgIpc) is 3.00. The summed E-state index contributed by atoms with van der Waals surface area (Å²) in [6, 6.07) is 0. The molecule has 4 nitrogen and oxygen atoms in total. The molecule has 0 saturated heterocycles. The van der Waals surface area contributed by atoms with Crippen LogP contribution in [0.3, 0.4) is 0 Å². The van der Waals surface area contributed by atoms with E-state index >= 15 is 0 Å². The molecule has 0 aromatic heterocycles. The maximum atomic E-state index is 12.6. The number of carboxylic acid groups (broad SMARTS) is 1. The zero-order valence-corrected chi connectivity index (χ0v) is 28.7. The van der Waals surface area contributed by atoms with E-state index in [0.717, 1.165) is 103 Å². The molecule has 0 fully saturated rings. The van der Waals surface area contributed by atoms with Crippen LogP contribution >= 0.6 is 0 Å². The predicted octanol–water partition coefficient (Wildman–Crippen LogP) is 12.6. The smallest absolute Gasteiger partial charge is 0.306 e. The van der Waals surface area contributed by atoms with E-state index in [-0.39, 0.29) is 18.5 Å². The van der Waals surface area contributed by atoms with Crippen LogP contribution in [0.4, 0.5) is 0 Å². The highest BCUT2D eigenvalue weighted by atomic mass is 16.5. The molecule has 0 aromatic carbocycles. The lowest BCUT2D eigenvalue weighted by molar-refractivity contribution is -0.150. The number of unbranched alkanes of at least 4 members (excludes halogenated alkanes) is 13. The fourth-order valence-corrected chi connectivity index (χ4v) is 5.10. The van der Waals surface area contributed by atoms with Crippen LogP contribution in [0.2, 0.25) is 0 Å². The van der Waals surface area contributed by atoms with Crippen molar-refractivity contribution >= 4 is 11.9 Å². The molecule has 0 heterocycles. The third-order valence-electron chi connectivity index (χ3n) is 7.75. The molecule has 0 saturated carbocycles. The number of allylic oxidation sites excluding steroid dienone is 10. The minimum absolute atomic E-state index is 0.0382. The van der Waals surface area contributed by atoms with E-state index in [9.17, 15) is 9.59 Å². The minimum Gasteiger partial charge on any atom is -0.481 e. The van der Waals surface area contributed by atoms with Crippen LogP contribution in [0.5, 0.6) is 0 Å². The van der Waals surface area contributed by atoms with Gasteiger partial charge in [0.25, 0.3) is 0 Å². The van der Waals surface area contributed by atoms with Crippen molar-refractivity contribution in [2.45, 2.75) is 180 Å². The summed E-state index contributed by atoms with van der Waals surface area (Å²) in [5.74, 6) is -0.732. The molecule has 1 atom stereocenters. The highest BCUT2D eigenvalue weighted by Gasteiger charge is 2.14. The van der Waals surface area contributed by atoms with Crippen molar-refractivity contribution in [3.05, 3.63) is 60.8 Å². The molecule has 4 heteroatoms. The van der Waals surface area contributed by atoms with Crippen molar-refractivity contribution in [1.82, 2.24) is 0 Å². The maximum Gasteiger partial charge on any atom is 0.306 e. The number of carbonyl (C=O) groups is 2. The van der Waals surface area contributed by atoms with Gasteiger partial charge in [-0.2, -0.15) is 0 Å². The van der Waals surface area contributed by atoms with Crippen LogP contribution in [0.25, 0.3) is 0 Å². The Morgan fingerprint density at radius 3 is 1.43 bits per heavy atom. The van der Waals surface area contributed by atoms with Gasteiger partial charge in [-0.25, -0.2) is 0 Å². The third kappa shape index (κ3) is 34.1. The molecular formula is C40H68O4. The van der Waals surface area contributed by atoms with Gasteiger partial charge in [-0.1, -0.05) is 145 Å². The second-order valence-corrected chi connectivity index (χ2v) is 12.0. The van der Waals surface area contributed by atoms with Gasteiger partial charge in [0.2, 0.25) is 0 Å². The second-order valence-electron chi connectivity index (χ2n) is 12.0. The van der Waals surface area contributed by atoms with Crippen molar-refractivity contribution in [3.63, 3.8) is 0 Å². The Morgan fingerprint density at radius 2 is 0.955 bits per heavy atom. The molecular weight excluding hydrogens is 544 g/mol. The predicted molar refractivity (Wildman–Crippen MR) is 190 cm³/mol. The molecule has 0 spiro atoms. The lowest BCUT2D eigenvalue weighted by Crippen LogP contribution is -2.18. The first-order valence-electron chi connectivity index (χ1n) is 18.3. The van der Waals surface area contributed by atoms with E-state index in [1.54, 1.807) is 0 Å². The highest BCUT2D eigenvalue weighted by molar-refractivity contribution is 5.69. The summed E-state index contributed by atoms with van der Waals surface area (Å²) in [6.07, 6.45) is 48.1. The number of ether oxygens (including phenoxy) is 1. The van der Waals surface area contributed by atoms with E-state index in [1.165, 1.54) is 44.9 Å². The largest absolute Gasteiger partial charge is 0.481 e. The number of hydrogen-bond acceptors (Lipinski definition) is 3. The van der Waals surface area contributed by atoms with Gasteiger partial charge >= 0.3 is 11.9 Å². The van der Waals surface area contributed by atoms with E-state index < -0.39 is 5.97 Å². The van der Waals surface area contributed by atoms with Gasteiger partial charge in [0.15, 0.2) is 0 Å². The summed E-state index contributed by atoms with van der Waals surface area (Å²) in [7, 11) is 0. The Bertz CT molecular complexity index is 789. The molecule has 0 aliphatic carbocycles. The molecule has 252 valence electrons. The summed E-state index contributed by atoms with van der Waals surface area (Å²) >= 11 is 0. The Hall–Kier alpha value is -2.36. The van der Waals surface area contributed by atoms with Gasteiger partial charge in [-0.3, -0.25) is 9.59 Å². The minimum atomic E-state index is -0.694. The molecule has 0 aliphatic heterocycles. The lowest BCUT2D eigenvalue weighted by Gasteiger charge is -2.18. The number of carbonyl (C=O) groups excluding carboxylic acids is 1. The summed E-state index contributed by atoms with van der Waals surface area (Å²) in [5.41, 5.74) is 0. The highest BCUT2D eigenvalue weighted by Crippen LogP contribution is 2.18. The van der Waals surface area contributed by atoms with E-state index in [1.807, 2.05) is 0 Å². The normalized spacial score (nSPS) is 13.0. The summed E-state index contributed by atoms with van der Waals surface area (Å²) in [4.78, 5) is 23.2. The summed E-state index contributed by atoms with van der Waals surface area (Å²) < 4.78 is 5.96. The number of aliphatic carboxylic acids is 1. The second kappa shape index (κ2) is 35.1. The summed E-state index contributed by atoms with van der Waals surface area (Å²) in [5, 5.41) is 8.74. The van der Waals surface area contributed by atoms with Gasteiger partial charge in [0.05, 0.1) is 0 Å². The average molecular weight is 613 g/mol. The Morgan fingerprint density at radius 1 is 0.523 bits per heavy atom. The molecule has 0 radical (unpaired) electrons. The maximum absolute atomic E-state index is 12.6. The molecule has 0 bridgehead atoms. The zero-order valence-electron chi connectivity index (χ0n) is 28.7. The molecule has 0 rings (SSSR count). The Labute approximate surface area is 272 Å². The number of hydrogen-bond donors (Lipinski definition) is 1. The Balaban J connectivity index is 4.13. The standard InChI is InChI=1S/C40H68O4/c1-3-5-7-9-11-12-13-14-15-16-17-18-19-20-25-29-33-37-40(43)44-38(34-30-26-22-10-8-6-4-2)35-31-27-23-21-24-28-32-36-39(41)42/h5,7,11-12,14-15,17-18,20,25,38H,3-4,6,8-10,13,16,19,21-24,26-37H2,1-2H3,(H,41,42)/b7-5-,12-11-,15-14-,18-17-,25-20-. The molecule has 44 heavy (non-hydrogen) atoms. The van der Waals surface area contributed by atoms with Crippen molar-refractivity contribution in [1.29, 1.82) is 0 Å². The fraction of sp³-hybridized carbons (Fsp3) is 0.700. The molecule has 1 unspecified atom stereocenters. The molecule has 0 amide bonds. The van der Waals surface area contributed by atoms with E-state index in [4.69, 9.17) is 9.84 Å². The topological polar surface area (TPSA) is 63.6 Å². The van der Waals surface area contributed by atoms with Gasteiger partial charge in [0.1, 0.15) is 6.10 Å². The molecule has 0 aliphatic rings. The van der Waals surface area contributed by atoms with Crippen LogP contribution in [0, 0.1) is 0 Å². The number of carboxylic acids is 1. The van der Waals surface area contributed by atoms with Crippen LogP contribution in [-0.4, -0.2) is 23.1 Å². The first-order chi connectivity index (χ1) is 21.6. The third-order valence-corrected chi connectivity index (χ3v) is 7.75. The SMILES string of the molecule is CC/C=C\C/C=C\C/C=C\C/C=C\C/C=C\CCCC(=O)OC(CCCCCCCCC)CCCCCCCCCC(=O)O. The van der Waals surface area contributed by atoms with Gasteiger partial charge in [-0.15, -0.1) is 0 Å². The van der Waals surface area contributed by atoms with Gasteiger partial charge in [-0.05, 0) is 77.0 Å². The van der Waals surface area contributed by atoms with Crippen molar-refractivity contribution in [2.24, 2.45) is 0 Å². The van der Waals surface area contributed by atoms with E-state index in [2.05, 4.69) is 74.6 Å². The fourth-order valence-electron chi connectivity index (χ4n) is 5.10. The molecule has 1 N–H and O–H groups in total. The number of rotatable bonds is 32. The van der Waals surface area contributed by atoms with Crippen LogP contribution < -0.4 is 0 Å². The van der Waals surface area contributed by atoms with E-state index in [0.29, 0.717) is 6.42 Å². The van der Waals surface area contributed by atoms with Crippen molar-refractivity contribution in [3.8, 4) is 0 Å². The number of esters is 1. The lowest BCUT2D eigenvalue weighted by atomic mass is 10.0. The van der Waals surface area contributed by atoms with Gasteiger partial charge < -0.3 is 9.84 Å². The van der Waals surface area contributed by atoms with Crippen LogP contribution in [-0.2, 0) is 14.3 Å². The quantitative estimate of drug-likeness (QED) is 0.0466. The first kappa shape index (κ1) is 41.6. The van der Waals surface area contributed by atoms with Crippen LogP contribution in [0.1, 0.15) is 174 Å². The zero-order chi connectivity index (χ0) is 32.2. The van der Waals surface area contributed by atoms with Crippen molar-refractivity contribution < 1.29 is 19.4 Å². The first-order valence-corrected chi connectivity index (χ1v) is 18.3. The Kier molecular flexibility index (Phi) is 33.2. The molecule has 0 aromatic rings.